The van der Waals surface area contributed by atoms with Crippen molar-refractivity contribution in [1.82, 2.24) is 5.01 Å². The normalized spacial score (nSPS) is 27.8. The zero-order valence-corrected chi connectivity index (χ0v) is 15.3. The Bertz CT molecular complexity index is 1050. The molecule has 0 N–H and O–H groups in total. The predicted molar refractivity (Wildman–Crippen MR) is 103 cm³/mol. The van der Waals surface area contributed by atoms with E-state index in [0.717, 1.165) is 17.9 Å². The Hall–Kier alpha value is -3.55. The summed E-state index contributed by atoms with van der Waals surface area (Å²) in [6.45, 7) is 0. The zero-order chi connectivity index (χ0) is 20.1. The molecule has 2 bridgehead atoms. The number of imide groups is 1. The van der Waals surface area contributed by atoms with Crippen molar-refractivity contribution in [1.29, 1.82) is 0 Å². The number of benzene rings is 1. The van der Waals surface area contributed by atoms with Crippen LogP contribution >= 0.6 is 0 Å². The number of carbonyl (C=O) groups is 2. The van der Waals surface area contributed by atoms with Crippen molar-refractivity contribution < 1.29 is 18.9 Å². The smallest absolute Gasteiger partial charge is 0.270 e. The van der Waals surface area contributed by atoms with Gasteiger partial charge in [0.1, 0.15) is 11.5 Å². The summed E-state index contributed by atoms with van der Waals surface area (Å²) >= 11 is 0. The molecule has 8 nitrogen and oxygen atoms in total. The van der Waals surface area contributed by atoms with Crippen LogP contribution in [0.5, 0.6) is 0 Å². The Morgan fingerprint density at radius 1 is 1.07 bits per heavy atom. The fraction of sp³-hybridized carbons (Fsp3) is 0.286. The number of non-ortho nitro benzene ring substituents is 1. The van der Waals surface area contributed by atoms with Crippen LogP contribution < -0.4 is 0 Å². The van der Waals surface area contributed by atoms with E-state index in [9.17, 15) is 19.7 Å². The number of amides is 2. The van der Waals surface area contributed by atoms with Gasteiger partial charge < -0.3 is 4.42 Å². The van der Waals surface area contributed by atoms with Gasteiger partial charge in [-0.3, -0.25) is 19.7 Å². The summed E-state index contributed by atoms with van der Waals surface area (Å²) < 4.78 is 5.67. The number of hydrazone groups is 1. The van der Waals surface area contributed by atoms with Crippen LogP contribution in [0.4, 0.5) is 5.69 Å². The van der Waals surface area contributed by atoms with Crippen molar-refractivity contribution in [2.45, 2.75) is 12.8 Å². The maximum atomic E-state index is 12.8. The third-order valence-corrected chi connectivity index (χ3v) is 6.00. The van der Waals surface area contributed by atoms with Crippen molar-refractivity contribution in [3.8, 4) is 11.3 Å². The minimum atomic E-state index is -0.471. The van der Waals surface area contributed by atoms with Crippen molar-refractivity contribution >= 4 is 23.7 Å². The monoisotopic (exact) mass is 391 g/mol. The van der Waals surface area contributed by atoms with Crippen LogP contribution in [0.15, 0.2) is 58.1 Å². The second-order valence-electron chi connectivity index (χ2n) is 7.58. The van der Waals surface area contributed by atoms with Crippen molar-refractivity contribution in [2.75, 3.05) is 0 Å². The van der Waals surface area contributed by atoms with Crippen LogP contribution in [0.3, 0.4) is 0 Å². The lowest BCUT2D eigenvalue weighted by Gasteiger charge is -2.37. The average Bonchev–Trinajstić information content (AvgIpc) is 3.32. The molecule has 4 aliphatic rings. The van der Waals surface area contributed by atoms with Crippen LogP contribution in [0, 0.1) is 33.8 Å². The first-order valence-corrected chi connectivity index (χ1v) is 9.48. The maximum Gasteiger partial charge on any atom is 0.270 e. The third-order valence-electron chi connectivity index (χ3n) is 6.00. The number of rotatable bonds is 4. The molecule has 1 saturated carbocycles. The highest BCUT2D eigenvalue weighted by molar-refractivity contribution is 6.06. The minimum Gasteiger partial charge on any atom is -0.455 e. The largest absolute Gasteiger partial charge is 0.455 e. The number of allylic oxidation sites excluding steroid dienone is 2. The number of furan rings is 1. The first kappa shape index (κ1) is 17.5. The van der Waals surface area contributed by atoms with Gasteiger partial charge in [-0.25, -0.2) is 0 Å². The summed E-state index contributed by atoms with van der Waals surface area (Å²) in [4.78, 5) is 36.0. The number of fused-ring (bicyclic) bond motifs is 1. The van der Waals surface area contributed by atoms with E-state index in [1.807, 2.05) is 0 Å². The second kappa shape index (κ2) is 6.51. The summed E-state index contributed by atoms with van der Waals surface area (Å²) in [5.74, 6) is -0.0907. The molecule has 2 heterocycles. The Balaban J connectivity index is 1.37. The van der Waals surface area contributed by atoms with Gasteiger partial charge in [-0.2, -0.15) is 10.1 Å². The van der Waals surface area contributed by atoms with Crippen molar-refractivity contribution in [3.05, 3.63) is 64.4 Å². The molecule has 2 aromatic rings. The Kier molecular flexibility index (Phi) is 3.94. The molecule has 3 aliphatic carbocycles. The van der Waals surface area contributed by atoms with Crippen LogP contribution in [-0.2, 0) is 9.59 Å². The molecule has 4 atom stereocenters. The summed E-state index contributed by atoms with van der Waals surface area (Å²) in [6, 6.07) is 9.41. The summed E-state index contributed by atoms with van der Waals surface area (Å²) in [7, 11) is 0. The molecule has 0 spiro atoms. The van der Waals surface area contributed by atoms with E-state index in [2.05, 4.69) is 17.3 Å². The number of nitro benzene ring substituents is 1. The van der Waals surface area contributed by atoms with Crippen molar-refractivity contribution in [3.63, 3.8) is 0 Å². The summed E-state index contributed by atoms with van der Waals surface area (Å²) in [5, 5.41) is 16.0. The van der Waals surface area contributed by atoms with Crippen LogP contribution in [0.25, 0.3) is 11.3 Å². The highest BCUT2D eigenvalue weighted by Gasteiger charge is 2.56. The number of hydrogen-bond acceptors (Lipinski definition) is 6. The molecule has 0 radical (unpaired) electrons. The molecule has 1 aromatic heterocycles. The molecular weight excluding hydrogens is 374 g/mol. The fourth-order valence-corrected chi connectivity index (χ4v) is 4.64. The quantitative estimate of drug-likeness (QED) is 0.261. The van der Waals surface area contributed by atoms with Gasteiger partial charge in [0.2, 0.25) is 0 Å². The number of hydrogen-bond donors (Lipinski definition) is 0. The van der Waals surface area contributed by atoms with Crippen LogP contribution in [0.1, 0.15) is 18.6 Å². The molecule has 0 unspecified atom stereocenters. The van der Waals surface area contributed by atoms with Gasteiger partial charge in [0.15, 0.2) is 0 Å². The van der Waals surface area contributed by atoms with Crippen molar-refractivity contribution in [2.24, 2.45) is 28.8 Å². The number of nitrogens with zero attached hydrogens (tertiary/aromatic N) is 3. The highest BCUT2D eigenvalue weighted by atomic mass is 16.6. The first-order chi connectivity index (χ1) is 14.0. The Labute approximate surface area is 165 Å². The lowest BCUT2D eigenvalue weighted by atomic mass is 9.63. The molecule has 1 aliphatic heterocycles. The van der Waals surface area contributed by atoms with Gasteiger partial charge in [-0.1, -0.05) is 24.3 Å². The molecule has 146 valence electrons. The summed E-state index contributed by atoms with van der Waals surface area (Å²) in [6.07, 6.45) is 7.33. The van der Waals surface area contributed by atoms with Gasteiger partial charge in [-0.05, 0) is 36.8 Å². The van der Waals surface area contributed by atoms with Gasteiger partial charge in [0.25, 0.3) is 17.5 Å². The second-order valence-corrected chi connectivity index (χ2v) is 7.58. The van der Waals surface area contributed by atoms with Gasteiger partial charge in [0.05, 0.1) is 23.0 Å². The van der Waals surface area contributed by atoms with Gasteiger partial charge in [-0.15, -0.1) is 0 Å². The van der Waals surface area contributed by atoms with Crippen LogP contribution in [0.2, 0.25) is 0 Å². The molecule has 29 heavy (non-hydrogen) atoms. The predicted octanol–water partition coefficient (Wildman–Crippen LogP) is 3.39. The van der Waals surface area contributed by atoms with E-state index >= 15 is 0 Å². The number of carbonyl (C=O) groups excluding carboxylic acids is 2. The van der Waals surface area contributed by atoms with E-state index in [0.29, 0.717) is 17.1 Å². The maximum absolute atomic E-state index is 12.8. The Morgan fingerprint density at radius 2 is 1.76 bits per heavy atom. The lowest BCUT2D eigenvalue weighted by molar-refractivity contribution is -0.384. The van der Waals surface area contributed by atoms with E-state index in [1.54, 1.807) is 24.3 Å². The number of nitro groups is 1. The topological polar surface area (TPSA) is 106 Å². The molecule has 6 rings (SSSR count). The van der Waals surface area contributed by atoms with E-state index < -0.39 is 4.92 Å². The molecule has 8 heteroatoms. The average molecular weight is 391 g/mol. The lowest BCUT2D eigenvalue weighted by Crippen LogP contribution is -2.38. The first-order valence-electron chi connectivity index (χ1n) is 9.48. The van der Waals surface area contributed by atoms with E-state index in [4.69, 9.17) is 4.42 Å². The zero-order valence-electron chi connectivity index (χ0n) is 15.3. The summed E-state index contributed by atoms with van der Waals surface area (Å²) in [5.41, 5.74) is 0.522. The fourth-order valence-electron chi connectivity index (χ4n) is 4.64. The molecular formula is C21H17N3O5. The highest BCUT2D eigenvalue weighted by Crippen LogP contribution is 2.49. The molecule has 1 aromatic carbocycles. The standard InChI is InChI=1S/C21H17N3O5/c25-20-18-12-4-5-13(7-6-12)19(18)21(26)23(20)22-11-16-8-9-17(29-16)14-2-1-3-15(10-14)24(27)28/h1-5,8-13,18-19H,6-7H2/b22-11-/t12-,13-,18-,19-/m0/s1. The van der Waals surface area contributed by atoms with Crippen LogP contribution in [-0.4, -0.2) is 28.0 Å². The minimum absolute atomic E-state index is 0.0341. The molecule has 2 fully saturated rings. The Morgan fingerprint density at radius 3 is 2.38 bits per heavy atom. The molecule has 2 amide bonds. The molecule has 1 saturated heterocycles. The SMILES string of the molecule is O=C1[C@@H]2[C@@H](C(=O)N1/N=C\c1ccc(-c3cccc([N+](=O)[O-])c3)o1)[C@H]1C=C[C@H]2CC1. The van der Waals surface area contributed by atoms with E-state index in [1.165, 1.54) is 18.3 Å². The third kappa shape index (κ3) is 2.79. The van der Waals surface area contributed by atoms with E-state index in [-0.39, 0.29) is 41.2 Å². The van der Waals surface area contributed by atoms with Gasteiger partial charge in [0, 0.05) is 17.7 Å². The van der Waals surface area contributed by atoms with Gasteiger partial charge >= 0.3 is 0 Å².